The van der Waals surface area contributed by atoms with Gasteiger partial charge in [-0.15, -0.1) is 11.6 Å². The zero-order valence-corrected chi connectivity index (χ0v) is 10.2. The zero-order chi connectivity index (χ0) is 12.1. The second kappa shape index (κ2) is 5.68. The van der Waals surface area contributed by atoms with Gasteiger partial charge in [-0.2, -0.15) is 5.10 Å². The van der Waals surface area contributed by atoms with Crippen molar-refractivity contribution in [2.24, 2.45) is 0 Å². The van der Waals surface area contributed by atoms with Gasteiger partial charge in [-0.25, -0.2) is 4.52 Å². The fraction of sp³-hybridized carbons (Fsp3) is 0.333. The molecule has 4 nitrogen and oxygen atoms in total. The van der Waals surface area contributed by atoms with Crippen LogP contribution in [-0.4, -0.2) is 27.9 Å². The quantitative estimate of drug-likeness (QED) is 0.653. The molecule has 2 rings (SSSR count). The maximum absolute atomic E-state index is 11.9. The van der Waals surface area contributed by atoms with Crippen molar-refractivity contribution in [1.29, 1.82) is 0 Å². The van der Waals surface area contributed by atoms with E-state index in [-0.39, 0.29) is 5.91 Å². The van der Waals surface area contributed by atoms with Crippen molar-refractivity contribution < 1.29 is 4.79 Å². The monoisotopic (exact) mass is 251 g/mol. The fourth-order valence-corrected chi connectivity index (χ4v) is 1.82. The molecule has 0 fully saturated rings. The van der Waals surface area contributed by atoms with Gasteiger partial charge in [0.15, 0.2) is 0 Å². The molecule has 0 radical (unpaired) electrons. The van der Waals surface area contributed by atoms with Gasteiger partial charge in [0.2, 0.25) is 0 Å². The molecule has 0 bridgehead atoms. The highest BCUT2D eigenvalue weighted by Gasteiger charge is 2.10. The molecular weight excluding hydrogens is 238 g/mol. The van der Waals surface area contributed by atoms with Gasteiger partial charge >= 0.3 is 0 Å². The molecule has 2 aromatic heterocycles. The summed E-state index contributed by atoms with van der Waals surface area (Å²) in [5.41, 5.74) is 1.43. The van der Waals surface area contributed by atoms with Crippen molar-refractivity contribution in [3.63, 3.8) is 0 Å². The highest BCUT2D eigenvalue weighted by molar-refractivity contribution is 6.17. The van der Waals surface area contributed by atoms with Crippen molar-refractivity contribution in [2.75, 3.05) is 12.4 Å². The van der Waals surface area contributed by atoms with E-state index in [4.69, 9.17) is 11.6 Å². The number of hydrogen-bond acceptors (Lipinski definition) is 2. The number of hydrogen-bond donors (Lipinski definition) is 1. The normalized spacial score (nSPS) is 10.6. The highest BCUT2D eigenvalue weighted by Crippen LogP contribution is 2.09. The van der Waals surface area contributed by atoms with E-state index in [1.54, 1.807) is 10.7 Å². The first-order valence-corrected chi connectivity index (χ1v) is 6.13. The maximum atomic E-state index is 11.9. The van der Waals surface area contributed by atoms with E-state index in [0.29, 0.717) is 18.0 Å². The summed E-state index contributed by atoms with van der Waals surface area (Å²) in [7, 11) is 0. The summed E-state index contributed by atoms with van der Waals surface area (Å²) in [6.45, 7) is 0.649. The number of carbonyl (C=O) groups excluding carboxylic acids is 1. The van der Waals surface area contributed by atoms with Crippen LogP contribution in [0.5, 0.6) is 0 Å². The molecule has 0 aliphatic carbocycles. The van der Waals surface area contributed by atoms with Crippen LogP contribution in [0, 0.1) is 0 Å². The van der Waals surface area contributed by atoms with E-state index in [1.165, 1.54) is 0 Å². The van der Waals surface area contributed by atoms with Crippen molar-refractivity contribution in [2.45, 2.75) is 12.8 Å². The summed E-state index contributed by atoms with van der Waals surface area (Å²) in [6, 6.07) is 5.64. The van der Waals surface area contributed by atoms with Gasteiger partial charge in [0.25, 0.3) is 5.91 Å². The summed E-state index contributed by atoms with van der Waals surface area (Å²) in [4.78, 5) is 11.9. The number of nitrogens with zero attached hydrogens (tertiary/aromatic N) is 2. The summed E-state index contributed by atoms with van der Waals surface area (Å²) in [5, 5.41) is 6.98. The van der Waals surface area contributed by atoms with E-state index in [9.17, 15) is 4.79 Å². The lowest BCUT2D eigenvalue weighted by Gasteiger charge is -2.02. The largest absolute Gasteiger partial charge is 0.352 e. The lowest BCUT2D eigenvalue weighted by molar-refractivity contribution is 0.0955. The predicted molar refractivity (Wildman–Crippen MR) is 67.5 cm³/mol. The number of fused-ring (bicyclic) bond motifs is 1. The van der Waals surface area contributed by atoms with Gasteiger partial charge in [-0.05, 0) is 25.0 Å². The van der Waals surface area contributed by atoms with Crippen LogP contribution < -0.4 is 5.32 Å². The van der Waals surface area contributed by atoms with Crippen LogP contribution in [-0.2, 0) is 0 Å². The van der Waals surface area contributed by atoms with Gasteiger partial charge in [-0.1, -0.05) is 6.07 Å². The summed E-state index contributed by atoms with van der Waals surface area (Å²) < 4.78 is 1.69. The summed E-state index contributed by atoms with van der Waals surface area (Å²) in [5.74, 6) is 0.549. The van der Waals surface area contributed by atoms with Gasteiger partial charge in [0.05, 0.1) is 17.3 Å². The van der Waals surface area contributed by atoms with Gasteiger partial charge in [0.1, 0.15) is 0 Å². The molecule has 0 atom stereocenters. The lowest BCUT2D eigenvalue weighted by Crippen LogP contribution is -2.24. The number of aromatic nitrogens is 2. The SMILES string of the molecule is O=C(NCCCCCl)c1cnn2ccccc12. The minimum absolute atomic E-state index is 0.0826. The molecule has 2 aromatic rings. The van der Waals surface area contributed by atoms with Crippen LogP contribution in [0.3, 0.4) is 0 Å². The van der Waals surface area contributed by atoms with Crippen molar-refractivity contribution in [1.82, 2.24) is 14.9 Å². The summed E-state index contributed by atoms with van der Waals surface area (Å²) >= 11 is 5.57. The number of rotatable bonds is 5. The van der Waals surface area contributed by atoms with E-state index < -0.39 is 0 Å². The van der Waals surface area contributed by atoms with Crippen LogP contribution in [0.2, 0.25) is 0 Å². The van der Waals surface area contributed by atoms with Crippen LogP contribution in [0.15, 0.2) is 30.6 Å². The lowest BCUT2D eigenvalue weighted by atomic mass is 10.2. The van der Waals surface area contributed by atoms with Crippen LogP contribution >= 0.6 is 11.6 Å². The number of halogens is 1. The third-order valence-electron chi connectivity index (χ3n) is 2.52. The molecule has 90 valence electrons. The smallest absolute Gasteiger partial charge is 0.255 e. The number of amides is 1. The second-order valence-electron chi connectivity index (χ2n) is 3.74. The molecule has 0 spiro atoms. The Kier molecular flexibility index (Phi) is 3.98. The zero-order valence-electron chi connectivity index (χ0n) is 9.40. The molecule has 0 aromatic carbocycles. The Morgan fingerprint density at radius 2 is 2.29 bits per heavy atom. The first-order valence-electron chi connectivity index (χ1n) is 5.59. The molecule has 0 aliphatic rings. The Morgan fingerprint density at radius 3 is 3.12 bits per heavy atom. The van der Waals surface area contributed by atoms with Crippen molar-refractivity contribution in [3.8, 4) is 0 Å². The molecule has 0 saturated heterocycles. The first kappa shape index (κ1) is 11.9. The topological polar surface area (TPSA) is 46.4 Å². The summed E-state index contributed by atoms with van der Waals surface area (Å²) in [6.07, 6.45) is 5.22. The Balaban J connectivity index is 2.04. The average Bonchev–Trinajstić information content (AvgIpc) is 2.78. The van der Waals surface area contributed by atoms with E-state index in [1.807, 2.05) is 24.4 Å². The predicted octanol–water partition coefficient (Wildman–Crippen LogP) is 2.08. The Hall–Kier alpha value is -1.55. The molecule has 0 saturated carbocycles. The average molecular weight is 252 g/mol. The highest BCUT2D eigenvalue weighted by atomic mass is 35.5. The van der Waals surface area contributed by atoms with Crippen molar-refractivity contribution >= 4 is 23.0 Å². The van der Waals surface area contributed by atoms with E-state index in [2.05, 4.69) is 10.4 Å². The maximum Gasteiger partial charge on any atom is 0.255 e. The number of unbranched alkanes of at least 4 members (excludes halogenated alkanes) is 1. The molecule has 17 heavy (non-hydrogen) atoms. The number of nitrogens with one attached hydrogen (secondary N) is 1. The first-order chi connectivity index (χ1) is 8.33. The molecule has 1 N–H and O–H groups in total. The van der Waals surface area contributed by atoms with Crippen molar-refractivity contribution in [3.05, 3.63) is 36.2 Å². The van der Waals surface area contributed by atoms with Gasteiger partial charge in [-0.3, -0.25) is 4.79 Å². The van der Waals surface area contributed by atoms with Crippen LogP contribution in [0.25, 0.3) is 5.52 Å². The number of pyridine rings is 1. The van der Waals surface area contributed by atoms with E-state index >= 15 is 0 Å². The molecular formula is C12H14ClN3O. The van der Waals surface area contributed by atoms with Crippen LogP contribution in [0.4, 0.5) is 0 Å². The molecule has 5 heteroatoms. The molecule has 1 amide bonds. The standard InChI is InChI=1S/C12H14ClN3O/c13-6-2-3-7-14-12(17)10-9-15-16-8-4-1-5-11(10)16/h1,4-5,8-9H,2-3,6-7H2,(H,14,17). The third-order valence-corrected chi connectivity index (χ3v) is 2.78. The number of alkyl halides is 1. The third kappa shape index (κ3) is 2.77. The molecule has 0 aliphatic heterocycles. The van der Waals surface area contributed by atoms with Crippen LogP contribution in [0.1, 0.15) is 23.2 Å². The second-order valence-corrected chi connectivity index (χ2v) is 4.12. The minimum Gasteiger partial charge on any atom is -0.352 e. The molecule has 2 heterocycles. The Bertz CT molecular complexity index is 509. The van der Waals surface area contributed by atoms with Gasteiger partial charge in [0, 0.05) is 18.6 Å². The fourth-order valence-electron chi connectivity index (χ4n) is 1.63. The molecule has 0 unspecified atom stereocenters. The Morgan fingerprint density at radius 1 is 1.41 bits per heavy atom. The van der Waals surface area contributed by atoms with Gasteiger partial charge < -0.3 is 5.32 Å². The minimum atomic E-state index is -0.0826. The Labute approximate surface area is 105 Å². The number of carbonyl (C=O) groups is 1. The van der Waals surface area contributed by atoms with E-state index in [0.717, 1.165) is 18.4 Å².